The summed E-state index contributed by atoms with van der Waals surface area (Å²) < 4.78 is 0. The number of amidine groups is 1. The van der Waals surface area contributed by atoms with Gasteiger partial charge in [0.2, 0.25) is 0 Å². The standard InChI is InChI=1S/C12H25N3O/c1-9(10-5-4-6-10)14-8-7-12(2,3)11(13)15-16/h9-10,14,16H,4-8H2,1-3H3,(H2,13,15). The number of hydrogen-bond donors (Lipinski definition) is 3. The molecule has 4 nitrogen and oxygen atoms in total. The number of nitrogens with zero attached hydrogens (tertiary/aromatic N) is 1. The van der Waals surface area contributed by atoms with E-state index in [2.05, 4.69) is 17.4 Å². The maximum absolute atomic E-state index is 8.66. The molecule has 0 spiro atoms. The summed E-state index contributed by atoms with van der Waals surface area (Å²) in [6, 6.07) is 0.594. The van der Waals surface area contributed by atoms with Gasteiger partial charge in [0.1, 0.15) is 5.84 Å². The second kappa shape index (κ2) is 5.53. The first-order chi connectivity index (χ1) is 7.47. The highest BCUT2D eigenvalue weighted by atomic mass is 16.4. The minimum absolute atomic E-state index is 0.235. The second-order valence-corrected chi connectivity index (χ2v) is 5.55. The third kappa shape index (κ3) is 3.37. The van der Waals surface area contributed by atoms with E-state index < -0.39 is 0 Å². The van der Waals surface area contributed by atoms with Crippen molar-refractivity contribution in [2.45, 2.75) is 52.5 Å². The third-order valence-corrected chi connectivity index (χ3v) is 3.87. The maximum atomic E-state index is 8.66. The Morgan fingerprint density at radius 2 is 2.19 bits per heavy atom. The lowest BCUT2D eigenvalue weighted by atomic mass is 9.80. The van der Waals surface area contributed by atoms with Crippen LogP contribution in [0.1, 0.15) is 46.5 Å². The zero-order chi connectivity index (χ0) is 12.2. The van der Waals surface area contributed by atoms with E-state index in [4.69, 9.17) is 10.9 Å². The van der Waals surface area contributed by atoms with Gasteiger partial charge in [-0.25, -0.2) is 0 Å². The van der Waals surface area contributed by atoms with E-state index in [0.717, 1.165) is 18.9 Å². The van der Waals surface area contributed by atoms with Crippen LogP contribution in [0.5, 0.6) is 0 Å². The van der Waals surface area contributed by atoms with E-state index in [1.165, 1.54) is 19.3 Å². The smallest absolute Gasteiger partial charge is 0.144 e. The van der Waals surface area contributed by atoms with Crippen molar-refractivity contribution >= 4 is 5.84 Å². The topological polar surface area (TPSA) is 70.6 Å². The summed E-state index contributed by atoms with van der Waals surface area (Å²) >= 11 is 0. The van der Waals surface area contributed by atoms with Gasteiger partial charge in [-0.3, -0.25) is 0 Å². The van der Waals surface area contributed by atoms with Gasteiger partial charge < -0.3 is 16.3 Å². The molecule has 0 saturated heterocycles. The lowest BCUT2D eigenvalue weighted by molar-refractivity contribution is 0.236. The van der Waals surface area contributed by atoms with E-state index in [1.807, 2.05) is 13.8 Å². The summed E-state index contributed by atoms with van der Waals surface area (Å²) in [6.07, 6.45) is 4.99. The lowest BCUT2D eigenvalue weighted by Gasteiger charge is -2.33. The minimum atomic E-state index is -0.235. The monoisotopic (exact) mass is 227 g/mol. The van der Waals surface area contributed by atoms with Crippen LogP contribution < -0.4 is 11.1 Å². The Hall–Kier alpha value is -0.770. The molecule has 0 bridgehead atoms. The SMILES string of the molecule is CC(NCCC(C)(C)C(N)=NO)C1CCC1. The van der Waals surface area contributed by atoms with Gasteiger partial charge in [0.25, 0.3) is 0 Å². The molecular weight excluding hydrogens is 202 g/mol. The summed E-state index contributed by atoms with van der Waals surface area (Å²) in [5.41, 5.74) is 5.40. The summed E-state index contributed by atoms with van der Waals surface area (Å²) in [7, 11) is 0. The normalized spacial score (nSPS) is 20.6. The Balaban J connectivity index is 2.23. The Morgan fingerprint density at radius 1 is 1.56 bits per heavy atom. The average Bonchev–Trinajstić information content (AvgIpc) is 2.13. The molecule has 1 aliphatic rings. The van der Waals surface area contributed by atoms with Crippen molar-refractivity contribution in [2.75, 3.05) is 6.54 Å². The van der Waals surface area contributed by atoms with Crippen molar-refractivity contribution in [1.29, 1.82) is 0 Å². The first-order valence-corrected chi connectivity index (χ1v) is 6.19. The first-order valence-electron chi connectivity index (χ1n) is 6.19. The maximum Gasteiger partial charge on any atom is 0.144 e. The van der Waals surface area contributed by atoms with Crippen LogP contribution in [-0.4, -0.2) is 23.6 Å². The van der Waals surface area contributed by atoms with Gasteiger partial charge in [0.05, 0.1) is 0 Å². The van der Waals surface area contributed by atoms with Crippen LogP contribution in [0.25, 0.3) is 0 Å². The first kappa shape index (κ1) is 13.3. The fourth-order valence-electron chi connectivity index (χ4n) is 1.98. The summed E-state index contributed by atoms with van der Waals surface area (Å²) in [5, 5.41) is 15.3. The van der Waals surface area contributed by atoms with Gasteiger partial charge >= 0.3 is 0 Å². The summed E-state index contributed by atoms with van der Waals surface area (Å²) in [4.78, 5) is 0. The highest BCUT2D eigenvalue weighted by Crippen LogP contribution is 2.29. The van der Waals surface area contributed by atoms with Gasteiger partial charge in [-0.1, -0.05) is 25.4 Å². The van der Waals surface area contributed by atoms with Gasteiger partial charge in [-0.15, -0.1) is 0 Å². The zero-order valence-corrected chi connectivity index (χ0v) is 10.7. The largest absolute Gasteiger partial charge is 0.409 e. The minimum Gasteiger partial charge on any atom is -0.409 e. The predicted octanol–water partition coefficient (Wildman–Crippen LogP) is 1.93. The molecule has 4 N–H and O–H groups in total. The zero-order valence-electron chi connectivity index (χ0n) is 10.7. The molecule has 0 aromatic heterocycles. The molecule has 94 valence electrons. The van der Waals surface area contributed by atoms with Crippen LogP contribution in [0.3, 0.4) is 0 Å². The van der Waals surface area contributed by atoms with Crippen LogP contribution in [0, 0.1) is 11.3 Å². The van der Waals surface area contributed by atoms with Gasteiger partial charge in [-0.2, -0.15) is 0 Å². The number of oxime groups is 1. The average molecular weight is 227 g/mol. The van der Waals surface area contributed by atoms with Crippen molar-refractivity contribution < 1.29 is 5.21 Å². The van der Waals surface area contributed by atoms with Crippen LogP contribution in [0.15, 0.2) is 5.16 Å². The fourth-order valence-corrected chi connectivity index (χ4v) is 1.98. The Labute approximate surface area is 98.3 Å². The molecule has 0 aromatic carbocycles. The van der Waals surface area contributed by atoms with Crippen molar-refractivity contribution in [3.63, 3.8) is 0 Å². The Bertz CT molecular complexity index is 247. The molecule has 4 heteroatoms. The van der Waals surface area contributed by atoms with Gasteiger partial charge in [0.15, 0.2) is 0 Å². The highest BCUT2D eigenvalue weighted by molar-refractivity contribution is 5.85. The van der Waals surface area contributed by atoms with E-state index in [9.17, 15) is 0 Å². The second-order valence-electron chi connectivity index (χ2n) is 5.55. The van der Waals surface area contributed by atoms with E-state index >= 15 is 0 Å². The molecule has 0 amide bonds. The number of nitrogens with one attached hydrogen (secondary N) is 1. The Morgan fingerprint density at radius 3 is 2.62 bits per heavy atom. The fraction of sp³-hybridized carbons (Fsp3) is 0.917. The lowest BCUT2D eigenvalue weighted by Crippen LogP contribution is -2.40. The molecular formula is C12H25N3O. The third-order valence-electron chi connectivity index (χ3n) is 3.87. The predicted molar refractivity (Wildman–Crippen MR) is 66.6 cm³/mol. The van der Waals surface area contributed by atoms with Crippen LogP contribution >= 0.6 is 0 Å². The van der Waals surface area contributed by atoms with Gasteiger partial charge in [-0.05, 0) is 38.6 Å². The Kier molecular flexibility index (Phi) is 4.59. The highest BCUT2D eigenvalue weighted by Gasteiger charge is 2.26. The van der Waals surface area contributed by atoms with E-state index in [0.29, 0.717) is 11.9 Å². The van der Waals surface area contributed by atoms with Crippen molar-refractivity contribution in [2.24, 2.45) is 22.2 Å². The van der Waals surface area contributed by atoms with Gasteiger partial charge in [0, 0.05) is 11.5 Å². The molecule has 1 fully saturated rings. The number of hydrogen-bond acceptors (Lipinski definition) is 3. The van der Waals surface area contributed by atoms with Crippen LogP contribution in [-0.2, 0) is 0 Å². The summed E-state index contributed by atoms with van der Waals surface area (Å²) in [5.74, 6) is 1.16. The molecule has 16 heavy (non-hydrogen) atoms. The van der Waals surface area contributed by atoms with Crippen molar-refractivity contribution in [3.05, 3.63) is 0 Å². The van der Waals surface area contributed by atoms with E-state index in [1.54, 1.807) is 0 Å². The molecule has 0 aromatic rings. The molecule has 1 aliphatic carbocycles. The van der Waals surface area contributed by atoms with Crippen molar-refractivity contribution in [3.8, 4) is 0 Å². The number of rotatable bonds is 6. The molecule has 0 heterocycles. The molecule has 0 radical (unpaired) electrons. The van der Waals surface area contributed by atoms with Crippen LogP contribution in [0.2, 0.25) is 0 Å². The summed E-state index contributed by atoms with van der Waals surface area (Å²) in [6.45, 7) is 7.16. The van der Waals surface area contributed by atoms with E-state index in [-0.39, 0.29) is 5.41 Å². The molecule has 1 rings (SSSR count). The molecule has 1 unspecified atom stereocenters. The molecule has 1 saturated carbocycles. The molecule has 1 atom stereocenters. The van der Waals surface area contributed by atoms with Crippen LogP contribution in [0.4, 0.5) is 0 Å². The molecule has 0 aliphatic heterocycles. The van der Waals surface area contributed by atoms with Crippen molar-refractivity contribution in [1.82, 2.24) is 5.32 Å². The quantitative estimate of drug-likeness (QED) is 0.281. The number of nitrogens with two attached hydrogens (primary N) is 1.